The third-order valence-corrected chi connectivity index (χ3v) is 4.64. The molecule has 1 aliphatic rings. The van der Waals surface area contributed by atoms with E-state index in [0.717, 1.165) is 22.1 Å². The first-order chi connectivity index (χ1) is 9.31. The summed E-state index contributed by atoms with van der Waals surface area (Å²) in [6.07, 6.45) is 4.16. The van der Waals surface area contributed by atoms with Crippen LogP contribution in [0.2, 0.25) is 5.02 Å². The van der Waals surface area contributed by atoms with Crippen LogP contribution in [0.25, 0.3) is 11.1 Å². The molecule has 2 heterocycles. The molecule has 1 N–H and O–H groups in total. The summed E-state index contributed by atoms with van der Waals surface area (Å²) in [5.41, 5.74) is 1.66. The van der Waals surface area contributed by atoms with Gasteiger partial charge < -0.3 is 21.7 Å². The molecule has 20 heavy (non-hydrogen) atoms. The van der Waals surface area contributed by atoms with Crippen molar-refractivity contribution in [3.63, 3.8) is 0 Å². The SMILES string of the molecule is Clc1ccc2oc(SCC[NH+]3CCCCC3)nc2c1.[Cl-]. The van der Waals surface area contributed by atoms with Gasteiger partial charge in [-0.1, -0.05) is 23.4 Å². The average Bonchev–Trinajstić information content (AvgIpc) is 2.82. The van der Waals surface area contributed by atoms with Crippen LogP contribution < -0.4 is 17.3 Å². The van der Waals surface area contributed by atoms with E-state index in [0.29, 0.717) is 5.02 Å². The van der Waals surface area contributed by atoms with E-state index in [-0.39, 0.29) is 12.4 Å². The van der Waals surface area contributed by atoms with Gasteiger partial charge in [-0.2, -0.15) is 0 Å². The molecular weight excluding hydrogens is 315 g/mol. The van der Waals surface area contributed by atoms with Gasteiger partial charge in [-0.3, -0.25) is 0 Å². The number of likely N-dealkylation sites (tertiary alicyclic amines) is 1. The predicted octanol–water partition coefficient (Wildman–Crippen LogP) is -0.354. The molecule has 3 rings (SSSR count). The van der Waals surface area contributed by atoms with E-state index in [4.69, 9.17) is 16.0 Å². The quantitative estimate of drug-likeness (QED) is 0.776. The number of halogens is 2. The summed E-state index contributed by atoms with van der Waals surface area (Å²) in [4.78, 5) is 6.18. The van der Waals surface area contributed by atoms with Gasteiger partial charge in [0, 0.05) is 5.02 Å². The van der Waals surface area contributed by atoms with Crippen LogP contribution in [0.5, 0.6) is 0 Å². The first-order valence-electron chi connectivity index (χ1n) is 6.84. The number of thioether (sulfide) groups is 1. The number of hydrogen-bond acceptors (Lipinski definition) is 3. The molecule has 6 heteroatoms. The molecule has 0 radical (unpaired) electrons. The Morgan fingerprint density at radius 2 is 2.05 bits per heavy atom. The fourth-order valence-electron chi connectivity index (χ4n) is 2.53. The van der Waals surface area contributed by atoms with E-state index in [1.165, 1.54) is 38.9 Å². The Balaban J connectivity index is 0.00000147. The van der Waals surface area contributed by atoms with Crippen LogP contribution in [0.3, 0.4) is 0 Å². The van der Waals surface area contributed by atoms with Crippen molar-refractivity contribution in [3.05, 3.63) is 23.2 Å². The number of nitrogens with one attached hydrogen (secondary N) is 1. The number of rotatable bonds is 4. The minimum Gasteiger partial charge on any atom is -1.00 e. The first kappa shape index (κ1) is 16.0. The zero-order valence-corrected chi connectivity index (χ0v) is 13.5. The Kier molecular flexibility index (Phi) is 6.02. The summed E-state index contributed by atoms with van der Waals surface area (Å²) in [6, 6.07) is 5.56. The van der Waals surface area contributed by atoms with Gasteiger partial charge >= 0.3 is 0 Å². The van der Waals surface area contributed by atoms with Crippen LogP contribution in [-0.2, 0) is 0 Å². The molecule has 1 aromatic carbocycles. The van der Waals surface area contributed by atoms with E-state index in [1.807, 2.05) is 18.2 Å². The van der Waals surface area contributed by atoms with Gasteiger partial charge in [-0.25, -0.2) is 4.98 Å². The second-order valence-electron chi connectivity index (χ2n) is 5.00. The zero-order chi connectivity index (χ0) is 13.1. The van der Waals surface area contributed by atoms with Crippen LogP contribution in [0.4, 0.5) is 0 Å². The number of hydrogen-bond donors (Lipinski definition) is 1. The minimum atomic E-state index is 0. The van der Waals surface area contributed by atoms with Crippen LogP contribution in [-0.4, -0.2) is 30.4 Å². The molecule has 0 atom stereocenters. The number of piperidine rings is 1. The largest absolute Gasteiger partial charge is 1.00 e. The van der Waals surface area contributed by atoms with Gasteiger partial charge in [0.05, 0.1) is 25.4 Å². The Morgan fingerprint density at radius 1 is 1.25 bits per heavy atom. The van der Waals surface area contributed by atoms with Crippen molar-refractivity contribution in [2.45, 2.75) is 24.5 Å². The maximum atomic E-state index is 5.94. The topological polar surface area (TPSA) is 30.5 Å². The Morgan fingerprint density at radius 3 is 2.85 bits per heavy atom. The number of fused-ring (bicyclic) bond motifs is 1. The number of aromatic nitrogens is 1. The summed E-state index contributed by atoms with van der Waals surface area (Å²) in [7, 11) is 0. The van der Waals surface area contributed by atoms with Gasteiger partial charge in [0.25, 0.3) is 5.22 Å². The summed E-state index contributed by atoms with van der Waals surface area (Å²) in [6.45, 7) is 3.84. The molecule has 0 aliphatic carbocycles. The van der Waals surface area contributed by atoms with E-state index in [9.17, 15) is 0 Å². The molecule has 110 valence electrons. The highest BCUT2D eigenvalue weighted by molar-refractivity contribution is 7.99. The third-order valence-electron chi connectivity index (χ3n) is 3.57. The Hall–Kier alpha value is -0.420. The number of nitrogens with zero attached hydrogens (tertiary/aromatic N) is 1. The van der Waals surface area contributed by atoms with E-state index in [2.05, 4.69) is 4.98 Å². The lowest BCUT2D eigenvalue weighted by Crippen LogP contribution is -3.13. The van der Waals surface area contributed by atoms with Crippen LogP contribution >= 0.6 is 23.4 Å². The van der Waals surface area contributed by atoms with Crippen molar-refractivity contribution in [2.75, 3.05) is 25.4 Å². The summed E-state index contributed by atoms with van der Waals surface area (Å²) in [5.74, 6) is 1.07. The number of quaternary nitrogens is 1. The number of benzene rings is 1. The van der Waals surface area contributed by atoms with Crippen LogP contribution in [0.1, 0.15) is 19.3 Å². The zero-order valence-electron chi connectivity index (χ0n) is 11.2. The standard InChI is InChI=1S/C14H17ClN2OS.ClH/c15-11-4-5-13-12(10-11)16-14(18-13)19-9-8-17-6-2-1-3-7-17;/h4-5,10H,1-3,6-9H2;1H. The van der Waals surface area contributed by atoms with Crippen molar-refractivity contribution in [3.8, 4) is 0 Å². The molecule has 1 aliphatic heterocycles. The van der Waals surface area contributed by atoms with E-state index in [1.54, 1.807) is 16.7 Å². The molecule has 0 unspecified atom stereocenters. The lowest BCUT2D eigenvalue weighted by atomic mass is 10.1. The second-order valence-corrected chi connectivity index (χ2v) is 6.48. The van der Waals surface area contributed by atoms with Crippen LogP contribution in [0, 0.1) is 0 Å². The maximum Gasteiger partial charge on any atom is 0.256 e. The first-order valence-corrected chi connectivity index (χ1v) is 8.20. The third kappa shape index (κ3) is 4.04. The highest BCUT2D eigenvalue weighted by atomic mass is 35.5. The summed E-state index contributed by atoms with van der Waals surface area (Å²) >= 11 is 7.65. The van der Waals surface area contributed by atoms with Crippen molar-refractivity contribution in [1.82, 2.24) is 4.98 Å². The lowest BCUT2D eigenvalue weighted by Gasteiger charge is -2.22. The van der Waals surface area contributed by atoms with Gasteiger partial charge in [0.2, 0.25) is 0 Å². The minimum absolute atomic E-state index is 0. The molecule has 0 saturated carbocycles. The Bertz CT molecular complexity index is 555. The van der Waals surface area contributed by atoms with E-state index < -0.39 is 0 Å². The normalized spacial score (nSPS) is 16.2. The molecule has 1 aromatic heterocycles. The van der Waals surface area contributed by atoms with Crippen molar-refractivity contribution in [1.29, 1.82) is 0 Å². The molecule has 1 saturated heterocycles. The van der Waals surface area contributed by atoms with E-state index >= 15 is 0 Å². The molecular formula is C14H18Cl2N2OS. The highest BCUT2D eigenvalue weighted by Gasteiger charge is 2.14. The van der Waals surface area contributed by atoms with Crippen LogP contribution in [0.15, 0.2) is 27.8 Å². The monoisotopic (exact) mass is 332 g/mol. The highest BCUT2D eigenvalue weighted by Crippen LogP contribution is 2.25. The average molecular weight is 333 g/mol. The molecule has 0 amide bonds. The maximum absolute atomic E-state index is 5.94. The predicted molar refractivity (Wildman–Crippen MR) is 79.2 cm³/mol. The fourth-order valence-corrected chi connectivity index (χ4v) is 3.57. The molecule has 2 aromatic rings. The van der Waals surface area contributed by atoms with Crippen molar-refractivity contribution >= 4 is 34.5 Å². The summed E-state index contributed by atoms with van der Waals surface area (Å²) < 4.78 is 5.70. The van der Waals surface area contributed by atoms with Gasteiger partial charge in [0.15, 0.2) is 5.58 Å². The molecule has 1 fully saturated rings. The lowest BCUT2D eigenvalue weighted by molar-refractivity contribution is -0.902. The number of oxazole rings is 1. The smallest absolute Gasteiger partial charge is 0.256 e. The molecule has 0 spiro atoms. The van der Waals surface area contributed by atoms with Crippen molar-refractivity contribution < 1.29 is 21.7 Å². The molecule has 3 nitrogen and oxygen atoms in total. The fraction of sp³-hybridized carbons (Fsp3) is 0.500. The van der Waals surface area contributed by atoms with Gasteiger partial charge in [-0.15, -0.1) is 0 Å². The second kappa shape index (κ2) is 7.55. The van der Waals surface area contributed by atoms with Crippen molar-refractivity contribution in [2.24, 2.45) is 0 Å². The molecule has 0 bridgehead atoms. The van der Waals surface area contributed by atoms with Gasteiger partial charge in [-0.05, 0) is 37.5 Å². The van der Waals surface area contributed by atoms with Gasteiger partial charge in [0.1, 0.15) is 5.52 Å². The Labute approximate surface area is 134 Å². The summed E-state index contributed by atoms with van der Waals surface area (Å²) in [5, 5.41) is 1.46.